The monoisotopic (exact) mass is 203 g/mol. The molecular formula is C14H21N. The summed E-state index contributed by atoms with van der Waals surface area (Å²) in [5.41, 5.74) is 9.47. The maximum absolute atomic E-state index is 5.49. The van der Waals surface area contributed by atoms with Gasteiger partial charge in [0.1, 0.15) is 0 Å². The van der Waals surface area contributed by atoms with Crippen LogP contribution in [0, 0.1) is 0 Å². The van der Waals surface area contributed by atoms with E-state index in [-0.39, 0.29) is 5.41 Å². The standard InChI is InChI=1S/C14H21N/c1-5-14(3,4)13-8-6-12(7-9-13)11(2)10-15/h6-10H,5,15H2,1-4H3/b11-10+. The van der Waals surface area contributed by atoms with E-state index < -0.39 is 0 Å². The Balaban J connectivity index is 3.00. The minimum atomic E-state index is 0.263. The molecule has 0 saturated heterocycles. The molecule has 1 rings (SSSR count). The predicted octanol–water partition coefficient (Wildman–Crippen LogP) is 3.69. The van der Waals surface area contributed by atoms with Crippen molar-refractivity contribution >= 4 is 5.57 Å². The van der Waals surface area contributed by atoms with Gasteiger partial charge in [-0.25, -0.2) is 0 Å². The Bertz CT molecular complexity index is 344. The normalized spacial score (nSPS) is 12.9. The summed E-state index contributed by atoms with van der Waals surface area (Å²) in [5.74, 6) is 0. The van der Waals surface area contributed by atoms with E-state index >= 15 is 0 Å². The lowest BCUT2D eigenvalue weighted by Gasteiger charge is -2.23. The lowest BCUT2D eigenvalue weighted by molar-refractivity contribution is 0.506. The second kappa shape index (κ2) is 4.52. The molecule has 0 bridgehead atoms. The molecule has 1 nitrogen and oxygen atoms in total. The maximum Gasteiger partial charge on any atom is -0.00265 e. The minimum Gasteiger partial charge on any atom is -0.404 e. The fourth-order valence-electron chi connectivity index (χ4n) is 1.48. The fourth-order valence-corrected chi connectivity index (χ4v) is 1.48. The largest absolute Gasteiger partial charge is 0.404 e. The number of hydrogen-bond acceptors (Lipinski definition) is 1. The summed E-state index contributed by atoms with van der Waals surface area (Å²) in [4.78, 5) is 0. The Hall–Kier alpha value is -1.24. The summed E-state index contributed by atoms with van der Waals surface area (Å²) in [6.07, 6.45) is 2.80. The van der Waals surface area contributed by atoms with Crippen LogP contribution in [-0.2, 0) is 5.41 Å². The van der Waals surface area contributed by atoms with E-state index in [9.17, 15) is 0 Å². The van der Waals surface area contributed by atoms with E-state index in [0.717, 1.165) is 12.0 Å². The average molecular weight is 203 g/mol. The summed E-state index contributed by atoms with van der Waals surface area (Å²) in [5, 5.41) is 0. The smallest absolute Gasteiger partial charge is 0.00265 e. The highest BCUT2D eigenvalue weighted by Gasteiger charge is 2.17. The second-order valence-corrected chi connectivity index (χ2v) is 4.66. The summed E-state index contributed by atoms with van der Waals surface area (Å²) >= 11 is 0. The van der Waals surface area contributed by atoms with Crippen LogP contribution in [-0.4, -0.2) is 0 Å². The minimum absolute atomic E-state index is 0.263. The summed E-state index contributed by atoms with van der Waals surface area (Å²) < 4.78 is 0. The van der Waals surface area contributed by atoms with E-state index in [4.69, 9.17) is 5.73 Å². The molecule has 1 aromatic rings. The van der Waals surface area contributed by atoms with Crippen molar-refractivity contribution in [3.8, 4) is 0 Å². The van der Waals surface area contributed by atoms with Crippen LogP contribution in [0.2, 0.25) is 0 Å². The lowest BCUT2D eigenvalue weighted by Crippen LogP contribution is -2.15. The highest BCUT2D eigenvalue weighted by Crippen LogP contribution is 2.27. The van der Waals surface area contributed by atoms with Gasteiger partial charge in [0.25, 0.3) is 0 Å². The number of rotatable bonds is 3. The highest BCUT2D eigenvalue weighted by molar-refractivity contribution is 5.63. The van der Waals surface area contributed by atoms with E-state index in [1.165, 1.54) is 11.1 Å². The van der Waals surface area contributed by atoms with Gasteiger partial charge in [0, 0.05) is 0 Å². The van der Waals surface area contributed by atoms with E-state index in [1.54, 1.807) is 6.20 Å². The van der Waals surface area contributed by atoms with Gasteiger partial charge in [-0.15, -0.1) is 0 Å². The Morgan fingerprint density at radius 1 is 1.27 bits per heavy atom. The first-order chi connectivity index (χ1) is 7.01. The van der Waals surface area contributed by atoms with Crippen LogP contribution in [0.5, 0.6) is 0 Å². The van der Waals surface area contributed by atoms with E-state index in [1.807, 2.05) is 6.92 Å². The Labute approximate surface area is 93.0 Å². The molecule has 0 aliphatic rings. The second-order valence-electron chi connectivity index (χ2n) is 4.66. The van der Waals surface area contributed by atoms with Crippen LogP contribution in [0.15, 0.2) is 30.5 Å². The van der Waals surface area contributed by atoms with Gasteiger partial charge in [0.15, 0.2) is 0 Å². The van der Waals surface area contributed by atoms with Gasteiger partial charge in [-0.1, -0.05) is 45.0 Å². The molecule has 0 fully saturated rings. The molecule has 0 aliphatic carbocycles. The molecule has 0 heterocycles. The van der Waals surface area contributed by atoms with Crippen molar-refractivity contribution in [2.75, 3.05) is 0 Å². The summed E-state index contributed by atoms with van der Waals surface area (Å²) in [6.45, 7) is 8.79. The molecule has 0 saturated carbocycles. The van der Waals surface area contributed by atoms with Crippen LogP contribution in [0.1, 0.15) is 45.2 Å². The molecule has 0 aromatic heterocycles. The van der Waals surface area contributed by atoms with Crippen LogP contribution in [0.4, 0.5) is 0 Å². The van der Waals surface area contributed by atoms with Crippen LogP contribution < -0.4 is 5.73 Å². The molecule has 0 spiro atoms. The molecule has 1 heteroatoms. The van der Waals surface area contributed by atoms with Crippen molar-refractivity contribution in [2.24, 2.45) is 5.73 Å². The maximum atomic E-state index is 5.49. The summed E-state index contributed by atoms with van der Waals surface area (Å²) in [6, 6.07) is 8.69. The number of nitrogens with two attached hydrogens (primary N) is 1. The third-order valence-electron chi connectivity index (χ3n) is 3.26. The van der Waals surface area contributed by atoms with Gasteiger partial charge in [-0.3, -0.25) is 0 Å². The topological polar surface area (TPSA) is 26.0 Å². The zero-order chi connectivity index (χ0) is 11.5. The van der Waals surface area contributed by atoms with Gasteiger partial charge >= 0.3 is 0 Å². The first-order valence-electron chi connectivity index (χ1n) is 5.50. The van der Waals surface area contributed by atoms with E-state index in [2.05, 4.69) is 45.0 Å². The molecular weight excluding hydrogens is 182 g/mol. The lowest BCUT2D eigenvalue weighted by atomic mass is 9.82. The summed E-state index contributed by atoms with van der Waals surface area (Å²) in [7, 11) is 0. The molecule has 2 N–H and O–H groups in total. The van der Waals surface area contributed by atoms with Crippen molar-refractivity contribution in [1.82, 2.24) is 0 Å². The van der Waals surface area contributed by atoms with Gasteiger partial charge in [0.05, 0.1) is 0 Å². The molecule has 1 aromatic carbocycles. The number of allylic oxidation sites excluding steroid dienone is 1. The molecule has 0 unspecified atom stereocenters. The van der Waals surface area contributed by atoms with Crippen molar-refractivity contribution in [3.63, 3.8) is 0 Å². The van der Waals surface area contributed by atoms with Crippen LogP contribution in [0.3, 0.4) is 0 Å². The fraction of sp³-hybridized carbons (Fsp3) is 0.429. The van der Waals surface area contributed by atoms with Crippen molar-refractivity contribution in [1.29, 1.82) is 0 Å². The third-order valence-corrected chi connectivity index (χ3v) is 3.26. The molecule has 82 valence electrons. The predicted molar refractivity (Wildman–Crippen MR) is 67.6 cm³/mol. The Kier molecular flexibility index (Phi) is 3.57. The third kappa shape index (κ3) is 2.62. The highest BCUT2D eigenvalue weighted by atomic mass is 14.5. The van der Waals surface area contributed by atoms with Crippen molar-refractivity contribution in [2.45, 2.75) is 39.5 Å². The van der Waals surface area contributed by atoms with Crippen LogP contribution >= 0.6 is 0 Å². The number of benzene rings is 1. The molecule has 15 heavy (non-hydrogen) atoms. The Morgan fingerprint density at radius 3 is 2.20 bits per heavy atom. The van der Waals surface area contributed by atoms with E-state index in [0.29, 0.717) is 0 Å². The van der Waals surface area contributed by atoms with Crippen molar-refractivity contribution in [3.05, 3.63) is 41.6 Å². The average Bonchev–Trinajstić information content (AvgIpc) is 2.28. The molecule has 0 radical (unpaired) electrons. The molecule has 0 atom stereocenters. The molecule has 0 amide bonds. The van der Waals surface area contributed by atoms with Gasteiger partial charge in [0.2, 0.25) is 0 Å². The zero-order valence-corrected chi connectivity index (χ0v) is 10.2. The number of hydrogen-bond donors (Lipinski definition) is 1. The quantitative estimate of drug-likeness (QED) is 0.796. The van der Waals surface area contributed by atoms with Gasteiger partial charge < -0.3 is 5.73 Å². The van der Waals surface area contributed by atoms with Crippen LogP contribution in [0.25, 0.3) is 5.57 Å². The first-order valence-corrected chi connectivity index (χ1v) is 5.50. The Morgan fingerprint density at radius 2 is 1.80 bits per heavy atom. The molecule has 0 aliphatic heterocycles. The zero-order valence-electron chi connectivity index (χ0n) is 10.2. The van der Waals surface area contributed by atoms with Crippen molar-refractivity contribution < 1.29 is 0 Å². The SMILES string of the molecule is CCC(C)(C)c1ccc(/C(C)=C/N)cc1. The first kappa shape index (κ1) is 11.8. The van der Waals surface area contributed by atoms with Gasteiger partial charge in [-0.05, 0) is 41.7 Å². The van der Waals surface area contributed by atoms with Gasteiger partial charge in [-0.2, -0.15) is 0 Å².